The summed E-state index contributed by atoms with van der Waals surface area (Å²) in [6.45, 7) is 11.8. The first kappa shape index (κ1) is 30.4. The molecule has 2 aromatic carbocycles. The predicted molar refractivity (Wildman–Crippen MR) is 174 cm³/mol. The smallest absolute Gasteiger partial charge is 0.213 e. The van der Waals surface area contributed by atoms with E-state index in [1.54, 1.807) is 26.4 Å². The Hall–Kier alpha value is -3.60. The van der Waals surface area contributed by atoms with Gasteiger partial charge < -0.3 is 28.1 Å². The molecule has 0 aliphatic carbocycles. The van der Waals surface area contributed by atoms with E-state index in [-0.39, 0.29) is 0 Å². The van der Waals surface area contributed by atoms with Crippen molar-refractivity contribution in [3.63, 3.8) is 0 Å². The molecule has 10 heteroatoms. The minimum Gasteiger partial charge on any atom is -0.481 e. The molecule has 2 aromatic heterocycles. The number of rotatable bonds is 5. The van der Waals surface area contributed by atoms with Gasteiger partial charge in [0, 0.05) is 22.4 Å². The molecule has 0 fully saturated rings. The molecule has 0 radical (unpaired) electrons. The van der Waals surface area contributed by atoms with Crippen molar-refractivity contribution in [1.29, 1.82) is 0 Å². The van der Waals surface area contributed by atoms with E-state index in [0.29, 0.717) is 45.3 Å². The van der Waals surface area contributed by atoms with Crippen LogP contribution in [0.15, 0.2) is 72.8 Å². The van der Waals surface area contributed by atoms with Crippen LogP contribution in [0.3, 0.4) is 0 Å². The van der Waals surface area contributed by atoms with E-state index in [9.17, 15) is 0 Å². The maximum absolute atomic E-state index is 15.7. The van der Waals surface area contributed by atoms with E-state index in [4.69, 9.17) is 18.9 Å². The zero-order chi connectivity index (χ0) is 31.7. The summed E-state index contributed by atoms with van der Waals surface area (Å²) in [5.74, 6) is 0.273. The SMILES string of the molecule is COc1cccc([C@@H]2Oc3cccc(-c4cccc5c4[P@](=O)(C(C)(C)C)[C@H](c4cccc(OC)n4)O5)c3[P@]2(=O)C(C)(C)C)n1. The zero-order valence-electron chi connectivity index (χ0n) is 26.3. The molecule has 6 rings (SSSR count). The molecule has 0 amide bonds. The Morgan fingerprint density at radius 1 is 0.591 bits per heavy atom. The second-order valence-corrected chi connectivity index (χ2v) is 20.3. The first-order valence-electron chi connectivity index (χ1n) is 14.6. The minimum absolute atomic E-state index is 0.420. The van der Waals surface area contributed by atoms with E-state index in [2.05, 4.69) is 9.97 Å². The average Bonchev–Trinajstić information content (AvgIpc) is 3.50. The van der Waals surface area contributed by atoms with Crippen LogP contribution in [0, 0.1) is 0 Å². The van der Waals surface area contributed by atoms with E-state index >= 15 is 9.13 Å². The van der Waals surface area contributed by atoms with E-state index in [1.165, 1.54) is 0 Å². The molecule has 2 aliphatic rings. The lowest BCUT2D eigenvalue weighted by Gasteiger charge is -2.34. The third-order valence-corrected chi connectivity index (χ3v) is 16.8. The summed E-state index contributed by atoms with van der Waals surface area (Å²) in [5, 5.41) is -0.143. The average molecular weight is 633 g/mol. The maximum Gasteiger partial charge on any atom is 0.213 e. The highest BCUT2D eigenvalue weighted by Crippen LogP contribution is 2.74. The molecule has 0 spiro atoms. The van der Waals surface area contributed by atoms with Gasteiger partial charge in [0.15, 0.2) is 26.0 Å². The molecule has 0 unspecified atom stereocenters. The minimum atomic E-state index is -3.40. The topological polar surface area (TPSA) is 96.8 Å². The molecule has 44 heavy (non-hydrogen) atoms. The number of nitrogens with zero attached hydrogens (tertiary/aromatic N) is 2. The quantitative estimate of drug-likeness (QED) is 0.205. The van der Waals surface area contributed by atoms with Crippen molar-refractivity contribution in [2.24, 2.45) is 0 Å². The van der Waals surface area contributed by atoms with E-state index in [1.807, 2.05) is 102 Å². The molecular weight excluding hydrogens is 594 g/mol. The van der Waals surface area contributed by atoms with Gasteiger partial charge in [-0.3, -0.25) is 0 Å². The number of pyridine rings is 2. The molecular formula is C34H38N2O6P2. The number of benzene rings is 2. The molecule has 230 valence electrons. The normalized spacial score (nSPS) is 24.2. The lowest BCUT2D eigenvalue weighted by Crippen LogP contribution is -2.28. The van der Waals surface area contributed by atoms with E-state index < -0.39 is 36.3 Å². The van der Waals surface area contributed by atoms with Gasteiger partial charge in [-0.2, -0.15) is 0 Å². The van der Waals surface area contributed by atoms with Gasteiger partial charge in [-0.25, -0.2) is 9.97 Å². The number of hydrogen-bond acceptors (Lipinski definition) is 8. The largest absolute Gasteiger partial charge is 0.481 e. The summed E-state index contributed by atoms with van der Waals surface area (Å²) in [6.07, 6.45) is 0. The first-order valence-corrected chi connectivity index (χ1v) is 18.1. The van der Waals surface area contributed by atoms with Gasteiger partial charge in [0.1, 0.15) is 11.5 Å². The van der Waals surface area contributed by atoms with Gasteiger partial charge in [-0.1, -0.05) is 77.9 Å². The van der Waals surface area contributed by atoms with Crippen molar-refractivity contribution in [1.82, 2.24) is 9.97 Å². The van der Waals surface area contributed by atoms with Crippen molar-refractivity contribution < 1.29 is 28.1 Å². The summed E-state index contributed by atoms with van der Waals surface area (Å²) in [5.41, 5.74) is 2.51. The summed E-state index contributed by atoms with van der Waals surface area (Å²) in [7, 11) is -3.69. The van der Waals surface area contributed by atoms with Crippen LogP contribution in [0.2, 0.25) is 0 Å². The second-order valence-electron chi connectivity index (χ2n) is 13.1. The second kappa shape index (κ2) is 10.5. The summed E-state index contributed by atoms with van der Waals surface area (Å²) in [4.78, 5) is 9.27. The van der Waals surface area contributed by atoms with Gasteiger partial charge in [0.2, 0.25) is 11.8 Å². The van der Waals surface area contributed by atoms with Crippen molar-refractivity contribution >= 4 is 24.9 Å². The van der Waals surface area contributed by atoms with Gasteiger partial charge >= 0.3 is 0 Å². The molecule has 4 heterocycles. The van der Waals surface area contributed by atoms with Crippen LogP contribution >= 0.6 is 14.3 Å². The summed E-state index contributed by atoms with van der Waals surface area (Å²) < 4.78 is 55.2. The molecule has 4 aromatic rings. The monoisotopic (exact) mass is 632 g/mol. The molecule has 0 saturated heterocycles. The first-order chi connectivity index (χ1) is 20.8. The Morgan fingerprint density at radius 2 is 0.955 bits per heavy atom. The van der Waals surface area contributed by atoms with Crippen LogP contribution in [0.1, 0.15) is 64.6 Å². The Morgan fingerprint density at radius 3 is 1.30 bits per heavy atom. The van der Waals surface area contributed by atoms with Gasteiger partial charge in [0.25, 0.3) is 0 Å². The van der Waals surface area contributed by atoms with Crippen LogP contribution < -0.4 is 29.6 Å². The van der Waals surface area contributed by atoms with Crippen LogP contribution in [0.25, 0.3) is 11.1 Å². The Bertz CT molecular complexity index is 1720. The molecule has 2 aliphatic heterocycles. The number of fused-ring (bicyclic) bond motifs is 2. The fraction of sp³-hybridized carbons (Fsp3) is 0.353. The summed E-state index contributed by atoms with van der Waals surface area (Å²) >= 11 is 0. The lowest BCUT2D eigenvalue weighted by molar-refractivity contribution is 0.283. The predicted octanol–water partition coefficient (Wildman–Crippen LogP) is 7.92. The zero-order valence-corrected chi connectivity index (χ0v) is 28.1. The fourth-order valence-electron chi connectivity index (χ4n) is 6.21. The maximum atomic E-state index is 15.7. The number of hydrogen-bond donors (Lipinski definition) is 0. The van der Waals surface area contributed by atoms with Crippen LogP contribution in [0.4, 0.5) is 0 Å². The van der Waals surface area contributed by atoms with E-state index in [0.717, 1.165) is 11.1 Å². The number of aromatic nitrogens is 2. The molecule has 0 bridgehead atoms. The standard InChI is InChI=1S/C34H38N2O6P2/c1-33(2,3)43(37)29-21(13-9-17-25(29)41-31(43)23-15-11-19-27(35-23)39-7)22-14-10-18-26-30(22)44(38,34(4,5)6)32(42-26)24-16-12-20-28(36-24)40-8/h9-20,31-32H,1-8H3/t31-,32-,43-,44-/m1/s1. The molecule has 8 nitrogen and oxygen atoms in total. The van der Waals surface area contributed by atoms with Crippen molar-refractivity contribution in [3.8, 4) is 34.4 Å². The van der Waals surface area contributed by atoms with Crippen LogP contribution in [-0.4, -0.2) is 34.5 Å². The number of methoxy groups -OCH3 is 2. The van der Waals surface area contributed by atoms with Crippen LogP contribution in [-0.2, 0) is 9.13 Å². The highest BCUT2D eigenvalue weighted by atomic mass is 31.2. The lowest BCUT2D eigenvalue weighted by atomic mass is 10.0. The Kier molecular flexibility index (Phi) is 7.26. The highest BCUT2D eigenvalue weighted by Gasteiger charge is 2.58. The van der Waals surface area contributed by atoms with Crippen molar-refractivity contribution in [2.45, 2.75) is 63.5 Å². The highest BCUT2D eigenvalue weighted by molar-refractivity contribution is 7.74. The molecule has 0 saturated carbocycles. The third-order valence-electron chi connectivity index (χ3n) is 8.50. The van der Waals surface area contributed by atoms with Crippen molar-refractivity contribution in [3.05, 3.63) is 84.2 Å². The Balaban J connectivity index is 1.60. The van der Waals surface area contributed by atoms with Crippen LogP contribution in [0.5, 0.6) is 23.3 Å². The fourth-order valence-corrected chi connectivity index (χ4v) is 13.0. The molecule has 4 atom stereocenters. The van der Waals surface area contributed by atoms with Crippen molar-refractivity contribution in [2.75, 3.05) is 14.2 Å². The Labute approximate surface area is 258 Å². The number of ether oxygens (including phenoxy) is 4. The van der Waals surface area contributed by atoms with Gasteiger partial charge in [0.05, 0.1) is 36.2 Å². The van der Waals surface area contributed by atoms with Gasteiger partial charge in [-0.15, -0.1) is 0 Å². The molecule has 0 N–H and O–H groups in total. The third kappa shape index (κ3) is 4.41. The van der Waals surface area contributed by atoms with Gasteiger partial charge in [-0.05, 0) is 35.4 Å². The summed E-state index contributed by atoms with van der Waals surface area (Å²) in [6, 6.07) is 22.2.